The predicted molar refractivity (Wildman–Crippen MR) is 119 cm³/mol. The number of benzene rings is 2. The van der Waals surface area contributed by atoms with Gasteiger partial charge in [-0.15, -0.1) is 0 Å². The molecule has 0 unspecified atom stereocenters. The molecule has 3 aromatic heterocycles. The van der Waals surface area contributed by atoms with Crippen LogP contribution in [-0.2, 0) is 11.2 Å². The van der Waals surface area contributed by atoms with Gasteiger partial charge in [0.1, 0.15) is 11.4 Å². The first kappa shape index (κ1) is 19.4. The fourth-order valence-corrected chi connectivity index (χ4v) is 3.54. The Kier molecular flexibility index (Phi) is 5.01. The van der Waals surface area contributed by atoms with Crippen molar-refractivity contribution in [1.29, 1.82) is 0 Å². The summed E-state index contributed by atoms with van der Waals surface area (Å²) in [6.07, 6.45) is 3.47. The molecule has 0 saturated heterocycles. The number of hydrogen-bond donors (Lipinski definition) is 3. The monoisotopic (exact) mass is 425 g/mol. The maximum absolute atomic E-state index is 12.9. The van der Waals surface area contributed by atoms with Gasteiger partial charge < -0.3 is 9.40 Å². The molecular formula is C24H19N5O3. The minimum absolute atomic E-state index is 0.125. The van der Waals surface area contributed by atoms with Crippen LogP contribution in [0.15, 0.2) is 89.7 Å². The number of para-hydroxylation sites is 2. The third-order valence-corrected chi connectivity index (χ3v) is 5.06. The minimum Gasteiger partial charge on any atom is -0.463 e. The molecule has 0 fully saturated rings. The van der Waals surface area contributed by atoms with Crippen LogP contribution < -0.4 is 10.9 Å². The summed E-state index contributed by atoms with van der Waals surface area (Å²) in [5.74, 6) is -0.288. The van der Waals surface area contributed by atoms with Crippen molar-refractivity contribution >= 4 is 22.7 Å². The zero-order valence-electron chi connectivity index (χ0n) is 16.9. The molecule has 0 atom stereocenters. The minimum atomic E-state index is -0.494. The number of aromatic nitrogens is 3. The Hall–Kier alpha value is -4.59. The van der Waals surface area contributed by atoms with Crippen LogP contribution >= 0.6 is 0 Å². The number of amides is 2. The van der Waals surface area contributed by atoms with Crippen LogP contribution in [0.4, 0.5) is 0 Å². The summed E-state index contributed by atoms with van der Waals surface area (Å²) in [5, 5.41) is 5.48. The van der Waals surface area contributed by atoms with E-state index >= 15 is 0 Å². The molecule has 0 spiro atoms. The number of aromatic amines is 1. The summed E-state index contributed by atoms with van der Waals surface area (Å²) in [6.45, 7) is 0. The van der Waals surface area contributed by atoms with Gasteiger partial charge in [0, 0.05) is 23.2 Å². The molecule has 8 heteroatoms. The lowest BCUT2D eigenvalue weighted by Gasteiger charge is -2.09. The lowest BCUT2D eigenvalue weighted by molar-refractivity contribution is -0.121. The topological polar surface area (TPSA) is 105 Å². The number of rotatable bonds is 5. The second-order valence-corrected chi connectivity index (χ2v) is 7.18. The molecule has 3 N–H and O–H groups in total. The molecule has 0 bridgehead atoms. The van der Waals surface area contributed by atoms with E-state index in [-0.39, 0.29) is 18.0 Å². The standard InChI is InChI=1S/C24H19N5O3/c30-23(13-16-15-25-19-10-5-4-9-18(16)19)26-27-24(31)21-14-20(22-11-6-12-32-22)28-29(21)17-7-2-1-3-8-17/h1-12,14-15,25H,13H2,(H,26,30)(H,27,31). The number of carbonyl (C=O) groups is 2. The summed E-state index contributed by atoms with van der Waals surface area (Å²) < 4.78 is 6.93. The Morgan fingerprint density at radius 2 is 1.78 bits per heavy atom. The molecule has 32 heavy (non-hydrogen) atoms. The zero-order chi connectivity index (χ0) is 21.9. The van der Waals surface area contributed by atoms with Crippen LogP contribution in [-0.4, -0.2) is 26.6 Å². The molecule has 5 rings (SSSR count). The number of hydrazine groups is 1. The molecule has 8 nitrogen and oxygen atoms in total. The SMILES string of the molecule is O=C(Cc1c[nH]c2ccccc12)NNC(=O)c1cc(-c2ccco2)nn1-c1ccccc1. The Bertz CT molecular complexity index is 1380. The zero-order valence-corrected chi connectivity index (χ0v) is 16.9. The van der Waals surface area contributed by atoms with E-state index in [4.69, 9.17) is 4.42 Å². The average molecular weight is 425 g/mol. The van der Waals surface area contributed by atoms with Crippen molar-refractivity contribution in [3.8, 4) is 17.1 Å². The first-order valence-electron chi connectivity index (χ1n) is 10.0. The van der Waals surface area contributed by atoms with Gasteiger partial charge >= 0.3 is 0 Å². The van der Waals surface area contributed by atoms with Crippen molar-refractivity contribution in [3.63, 3.8) is 0 Å². The van der Waals surface area contributed by atoms with Gasteiger partial charge in [0.05, 0.1) is 18.4 Å². The summed E-state index contributed by atoms with van der Waals surface area (Å²) in [4.78, 5) is 28.5. The van der Waals surface area contributed by atoms with Crippen molar-refractivity contribution in [2.75, 3.05) is 0 Å². The van der Waals surface area contributed by atoms with Gasteiger partial charge in [-0.25, -0.2) is 4.68 Å². The summed E-state index contributed by atoms with van der Waals surface area (Å²) in [7, 11) is 0. The van der Waals surface area contributed by atoms with Gasteiger partial charge in [0.25, 0.3) is 5.91 Å². The summed E-state index contributed by atoms with van der Waals surface area (Å²) >= 11 is 0. The van der Waals surface area contributed by atoms with E-state index in [1.165, 1.54) is 4.68 Å². The van der Waals surface area contributed by atoms with E-state index < -0.39 is 5.91 Å². The van der Waals surface area contributed by atoms with E-state index in [2.05, 4.69) is 20.9 Å². The van der Waals surface area contributed by atoms with E-state index in [1.54, 1.807) is 30.7 Å². The summed E-state index contributed by atoms with van der Waals surface area (Å²) in [6, 6.07) is 22.1. The average Bonchev–Trinajstić information content (AvgIpc) is 3.58. The van der Waals surface area contributed by atoms with Crippen molar-refractivity contribution in [1.82, 2.24) is 25.6 Å². The fourth-order valence-electron chi connectivity index (χ4n) is 3.54. The molecule has 0 aliphatic heterocycles. The normalized spacial score (nSPS) is 10.9. The second-order valence-electron chi connectivity index (χ2n) is 7.18. The molecule has 0 aliphatic carbocycles. The maximum atomic E-state index is 12.9. The van der Waals surface area contributed by atoms with Crippen LogP contribution in [0.5, 0.6) is 0 Å². The van der Waals surface area contributed by atoms with Gasteiger partial charge in [-0.1, -0.05) is 36.4 Å². The van der Waals surface area contributed by atoms with Crippen LogP contribution in [0.2, 0.25) is 0 Å². The Labute approximate surface area is 182 Å². The molecule has 3 heterocycles. The highest BCUT2D eigenvalue weighted by molar-refractivity contribution is 5.96. The van der Waals surface area contributed by atoms with E-state index in [0.29, 0.717) is 17.1 Å². The van der Waals surface area contributed by atoms with Crippen molar-refractivity contribution < 1.29 is 14.0 Å². The molecule has 5 aromatic rings. The van der Waals surface area contributed by atoms with Crippen LogP contribution in [0.3, 0.4) is 0 Å². The van der Waals surface area contributed by atoms with E-state index in [0.717, 1.165) is 16.5 Å². The quantitative estimate of drug-likeness (QED) is 0.374. The molecule has 0 saturated carbocycles. The third kappa shape index (κ3) is 3.77. The molecule has 0 aliphatic rings. The third-order valence-electron chi connectivity index (χ3n) is 5.06. The fraction of sp³-hybridized carbons (Fsp3) is 0.0417. The van der Waals surface area contributed by atoms with Gasteiger partial charge in [-0.05, 0) is 35.9 Å². The largest absolute Gasteiger partial charge is 0.463 e. The van der Waals surface area contributed by atoms with E-state index in [1.807, 2.05) is 54.6 Å². The van der Waals surface area contributed by atoms with Gasteiger partial charge in [0.15, 0.2) is 5.76 Å². The Balaban J connectivity index is 1.34. The highest BCUT2D eigenvalue weighted by Gasteiger charge is 2.19. The molecule has 2 amide bonds. The Morgan fingerprint density at radius 1 is 0.969 bits per heavy atom. The first-order chi connectivity index (χ1) is 15.7. The lowest BCUT2D eigenvalue weighted by atomic mass is 10.1. The number of furan rings is 1. The molecular weight excluding hydrogens is 406 g/mol. The van der Waals surface area contributed by atoms with Crippen molar-refractivity contribution in [3.05, 3.63) is 96.5 Å². The number of hydrogen-bond acceptors (Lipinski definition) is 4. The van der Waals surface area contributed by atoms with Gasteiger partial charge in [-0.2, -0.15) is 5.10 Å². The lowest BCUT2D eigenvalue weighted by Crippen LogP contribution is -2.43. The van der Waals surface area contributed by atoms with Gasteiger partial charge in [-0.3, -0.25) is 20.4 Å². The van der Waals surface area contributed by atoms with Gasteiger partial charge in [0.2, 0.25) is 5.91 Å². The number of H-pyrrole nitrogens is 1. The maximum Gasteiger partial charge on any atom is 0.288 e. The van der Waals surface area contributed by atoms with Crippen molar-refractivity contribution in [2.24, 2.45) is 0 Å². The Morgan fingerprint density at radius 3 is 2.59 bits per heavy atom. The van der Waals surface area contributed by atoms with Crippen LogP contribution in [0.1, 0.15) is 16.1 Å². The van der Waals surface area contributed by atoms with Crippen molar-refractivity contribution in [2.45, 2.75) is 6.42 Å². The molecule has 2 aromatic carbocycles. The molecule has 0 radical (unpaired) electrons. The number of carbonyl (C=O) groups excluding carboxylic acids is 2. The second kappa shape index (κ2) is 8.27. The first-order valence-corrected chi connectivity index (χ1v) is 10.0. The predicted octanol–water partition coefficient (Wildman–Crippen LogP) is 3.62. The number of nitrogens with zero attached hydrogens (tertiary/aromatic N) is 2. The molecule has 158 valence electrons. The highest BCUT2D eigenvalue weighted by Crippen LogP contribution is 2.22. The smallest absolute Gasteiger partial charge is 0.288 e. The highest BCUT2D eigenvalue weighted by atomic mass is 16.3. The summed E-state index contributed by atoms with van der Waals surface area (Å²) in [5.41, 5.74) is 8.26. The van der Waals surface area contributed by atoms with E-state index in [9.17, 15) is 9.59 Å². The number of fused-ring (bicyclic) bond motifs is 1. The van der Waals surface area contributed by atoms with Crippen LogP contribution in [0, 0.1) is 0 Å². The number of nitrogens with one attached hydrogen (secondary N) is 3. The van der Waals surface area contributed by atoms with Crippen LogP contribution in [0.25, 0.3) is 28.0 Å².